The first-order chi connectivity index (χ1) is 8.56. The first kappa shape index (κ1) is 12.4. The molecule has 0 atom stereocenters. The van der Waals surface area contributed by atoms with Gasteiger partial charge in [0, 0.05) is 13.6 Å². The number of rotatable bonds is 3. The highest BCUT2D eigenvalue weighted by atomic mass is 19.1. The lowest BCUT2D eigenvalue weighted by Crippen LogP contribution is -2.19. The van der Waals surface area contributed by atoms with Gasteiger partial charge >= 0.3 is 0 Å². The largest absolute Gasteiger partial charge is 0.340 e. The third-order valence-electron chi connectivity index (χ3n) is 2.60. The number of benzene rings is 1. The first-order valence-electron chi connectivity index (χ1n) is 5.50. The van der Waals surface area contributed by atoms with Crippen molar-refractivity contribution in [2.45, 2.75) is 13.5 Å². The Morgan fingerprint density at radius 1 is 1.17 bits per heavy atom. The molecule has 2 aromatic rings. The van der Waals surface area contributed by atoms with E-state index < -0.39 is 5.82 Å². The zero-order valence-electron chi connectivity index (χ0n) is 10.2. The van der Waals surface area contributed by atoms with Gasteiger partial charge in [0.25, 0.3) is 0 Å². The van der Waals surface area contributed by atoms with Crippen LogP contribution < -0.4 is 4.90 Å². The summed E-state index contributed by atoms with van der Waals surface area (Å²) in [5, 5.41) is 0. The molecule has 0 unspecified atom stereocenters. The van der Waals surface area contributed by atoms with Gasteiger partial charge in [0.1, 0.15) is 5.82 Å². The molecule has 0 aliphatic heterocycles. The van der Waals surface area contributed by atoms with E-state index in [2.05, 4.69) is 9.97 Å². The molecule has 1 aromatic heterocycles. The summed E-state index contributed by atoms with van der Waals surface area (Å²) in [6.45, 7) is 2.18. The van der Waals surface area contributed by atoms with E-state index in [0.29, 0.717) is 18.1 Å². The van der Waals surface area contributed by atoms with Crippen LogP contribution in [0, 0.1) is 18.6 Å². The van der Waals surface area contributed by atoms with Crippen molar-refractivity contribution in [2.75, 3.05) is 11.9 Å². The van der Waals surface area contributed by atoms with Gasteiger partial charge in [-0.25, -0.2) is 18.7 Å². The van der Waals surface area contributed by atoms with E-state index in [9.17, 15) is 8.78 Å². The Morgan fingerprint density at radius 3 is 2.44 bits per heavy atom. The Labute approximate surface area is 104 Å². The van der Waals surface area contributed by atoms with Gasteiger partial charge in [-0.15, -0.1) is 0 Å². The Kier molecular flexibility index (Phi) is 3.50. The Bertz CT molecular complexity index is 540. The maximum atomic E-state index is 13.4. The summed E-state index contributed by atoms with van der Waals surface area (Å²) in [4.78, 5) is 9.45. The number of anilines is 1. The third kappa shape index (κ3) is 2.80. The Hall–Kier alpha value is -2.04. The number of hydrogen-bond acceptors (Lipinski definition) is 3. The van der Waals surface area contributed by atoms with E-state index in [1.54, 1.807) is 24.9 Å². The third-order valence-corrected chi connectivity index (χ3v) is 2.60. The molecule has 2 rings (SSSR count). The number of halogens is 2. The number of aryl methyl sites for hydroxylation is 1. The first-order valence-corrected chi connectivity index (χ1v) is 5.50. The lowest BCUT2D eigenvalue weighted by molar-refractivity contribution is 0.611. The van der Waals surface area contributed by atoms with Crippen LogP contribution in [0.3, 0.4) is 0 Å². The minimum Gasteiger partial charge on any atom is -0.340 e. The van der Waals surface area contributed by atoms with Crippen LogP contribution in [0.5, 0.6) is 0 Å². The molecule has 0 N–H and O–H groups in total. The Morgan fingerprint density at radius 2 is 1.83 bits per heavy atom. The number of hydrogen-bond donors (Lipinski definition) is 0. The molecule has 0 saturated heterocycles. The van der Waals surface area contributed by atoms with Crippen LogP contribution in [-0.2, 0) is 6.54 Å². The summed E-state index contributed by atoms with van der Waals surface area (Å²) in [5.74, 6) is -0.313. The minimum absolute atomic E-state index is 0.235. The van der Waals surface area contributed by atoms with Crippen LogP contribution in [0.2, 0.25) is 0 Å². The molecule has 94 valence electrons. The molecular weight excluding hydrogens is 236 g/mol. The molecule has 0 spiro atoms. The highest BCUT2D eigenvalue weighted by molar-refractivity contribution is 5.31. The molecule has 0 fully saturated rings. The van der Waals surface area contributed by atoms with Crippen LogP contribution in [0.1, 0.15) is 11.1 Å². The van der Waals surface area contributed by atoms with Crippen LogP contribution >= 0.6 is 0 Å². The van der Waals surface area contributed by atoms with Crippen molar-refractivity contribution in [3.8, 4) is 0 Å². The predicted molar refractivity (Wildman–Crippen MR) is 65.2 cm³/mol. The number of aromatic nitrogens is 2. The van der Waals surface area contributed by atoms with Gasteiger partial charge in [0.05, 0.1) is 12.4 Å². The van der Waals surface area contributed by atoms with Crippen LogP contribution in [0.4, 0.5) is 14.7 Å². The molecule has 1 aromatic carbocycles. The smallest absolute Gasteiger partial charge is 0.225 e. The molecule has 1 heterocycles. The van der Waals surface area contributed by atoms with Crippen molar-refractivity contribution in [2.24, 2.45) is 0 Å². The van der Waals surface area contributed by atoms with E-state index in [-0.39, 0.29) is 5.82 Å². The van der Waals surface area contributed by atoms with Gasteiger partial charge in [-0.3, -0.25) is 0 Å². The van der Waals surface area contributed by atoms with E-state index in [0.717, 1.165) is 18.0 Å². The summed E-state index contributed by atoms with van der Waals surface area (Å²) in [6, 6.07) is 5.05. The Balaban J connectivity index is 2.13. The summed E-state index contributed by atoms with van der Waals surface area (Å²) >= 11 is 0. The van der Waals surface area contributed by atoms with Crippen molar-refractivity contribution in [3.05, 3.63) is 53.4 Å². The van der Waals surface area contributed by atoms with E-state index in [4.69, 9.17) is 0 Å². The molecule has 3 nitrogen and oxygen atoms in total. The second-order valence-electron chi connectivity index (χ2n) is 4.14. The summed E-state index contributed by atoms with van der Waals surface area (Å²) in [5.41, 5.74) is 1.42. The summed E-state index contributed by atoms with van der Waals surface area (Å²) in [6.07, 6.45) is 2.21. The standard InChI is InChI=1S/C13H13F2N3/c1-9-3-4-10(5-12(9)15)8-18(2)13-16-6-11(14)7-17-13/h3-7H,8H2,1-2H3. The summed E-state index contributed by atoms with van der Waals surface area (Å²) < 4.78 is 26.1. The lowest BCUT2D eigenvalue weighted by atomic mass is 10.1. The summed E-state index contributed by atoms with van der Waals surface area (Å²) in [7, 11) is 1.77. The second-order valence-corrected chi connectivity index (χ2v) is 4.14. The van der Waals surface area contributed by atoms with Crippen LogP contribution in [0.15, 0.2) is 30.6 Å². The highest BCUT2D eigenvalue weighted by Gasteiger charge is 2.06. The zero-order valence-corrected chi connectivity index (χ0v) is 10.2. The molecule has 18 heavy (non-hydrogen) atoms. The van der Waals surface area contributed by atoms with E-state index in [1.807, 2.05) is 6.07 Å². The molecule has 0 aliphatic rings. The molecule has 5 heteroatoms. The molecule has 0 amide bonds. The minimum atomic E-state index is -0.478. The quantitative estimate of drug-likeness (QED) is 0.837. The average Bonchev–Trinajstić information content (AvgIpc) is 2.34. The van der Waals surface area contributed by atoms with Gasteiger partial charge in [0.15, 0.2) is 5.82 Å². The normalized spacial score (nSPS) is 10.4. The average molecular weight is 249 g/mol. The van der Waals surface area contributed by atoms with Crippen LogP contribution in [-0.4, -0.2) is 17.0 Å². The SMILES string of the molecule is Cc1ccc(CN(C)c2ncc(F)cn2)cc1F. The lowest BCUT2D eigenvalue weighted by Gasteiger charge is -2.16. The second kappa shape index (κ2) is 5.08. The van der Waals surface area contributed by atoms with Crippen molar-refractivity contribution in [3.63, 3.8) is 0 Å². The molecule has 0 radical (unpaired) electrons. The molecule has 0 saturated carbocycles. The predicted octanol–water partition coefficient (Wildman–Crippen LogP) is 2.70. The fraction of sp³-hybridized carbons (Fsp3) is 0.231. The maximum Gasteiger partial charge on any atom is 0.225 e. The van der Waals surface area contributed by atoms with Crippen LogP contribution in [0.25, 0.3) is 0 Å². The molecule has 0 bridgehead atoms. The van der Waals surface area contributed by atoms with Gasteiger partial charge in [-0.2, -0.15) is 0 Å². The van der Waals surface area contributed by atoms with Crippen molar-refractivity contribution in [1.29, 1.82) is 0 Å². The highest BCUT2D eigenvalue weighted by Crippen LogP contribution is 2.13. The van der Waals surface area contributed by atoms with Crippen molar-refractivity contribution < 1.29 is 8.78 Å². The van der Waals surface area contributed by atoms with E-state index >= 15 is 0 Å². The van der Waals surface area contributed by atoms with Crippen molar-refractivity contribution >= 4 is 5.95 Å². The van der Waals surface area contributed by atoms with Gasteiger partial charge < -0.3 is 4.90 Å². The fourth-order valence-corrected chi connectivity index (χ4v) is 1.58. The van der Waals surface area contributed by atoms with Gasteiger partial charge in [-0.1, -0.05) is 12.1 Å². The zero-order chi connectivity index (χ0) is 13.1. The van der Waals surface area contributed by atoms with Gasteiger partial charge in [0.2, 0.25) is 5.95 Å². The van der Waals surface area contributed by atoms with Gasteiger partial charge in [-0.05, 0) is 24.1 Å². The molecular formula is C13H13F2N3. The monoisotopic (exact) mass is 249 g/mol. The fourth-order valence-electron chi connectivity index (χ4n) is 1.58. The van der Waals surface area contributed by atoms with E-state index in [1.165, 1.54) is 6.07 Å². The maximum absolute atomic E-state index is 13.4. The number of nitrogens with zero attached hydrogens (tertiary/aromatic N) is 3. The topological polar surface area (TPSA) is 29.0 Å². The molecule has 0 aliphatic carbocycles. The van der Waals surface area contributed by atoms with Crippen molar-refractivity contribution in [1.82, 2.24) is 9.97 Å².